The van der Waals surface area contributed by atoms with E-state index >= 15 is 0 Å². The lowest BCUT2D eigenvalue weighted by atomic mass is 10.2. The maximum Gasteiger partial charge on any atom is 0.141 e. The van der Waals surface area contributed by atoms with Crippen molar-refractivity contribution in [3.8, 4) is 0 Å². The van der Waals surface area contributed by atoms with Crippen LogP contribution in [-0.4, -0.2) is 21.1 Å². The van der Waals surface area contributed by atoms with E-state index in [0.717, 1.165) is 5.56 Å². The SMILES string of the molecule is Ic1cccc(/C=N\n2cnnc2)c1. The first-order valence-corrected chi connectivity index (χ1v) is 5.07. The molecule has 0 bridgehead atoms. The van der Waals surface area contributed by atoms with Crippen molar-refractivity contribution in [1.29, 1.82) is 0 Å². The lowest BCUT2D eigenvalue weighted by molar-refractivity contribution is 0.878. The van der Waals surface area contributed by atoms with Crippen LogP contribution in [-0.2, 0) is 0 Å². The predicted octanol–water partition coefficient (Wildman–Crippen LogP) is 1.76. The minimum Gasteiger partial charge on any atom is -0.208 e. The van der Waals surface area contributed by atoms with E-state index in [9.17, 15) is 0 Å². The fourth-order valence-electron chi connectivity index (χ4n) is 0.975. The lowest BCUT2D eigenvalue weighted by Gasteiger charge is -1.93. The third-order valence-electron chi connectivity index (χ3n) is 1.60. The fraction of sp³-hybridized carbons (Fsp3) is 0. The molecule has 1 aromatic carbocycles. The Labute approximate surface area is 94.8 Å². The van der Waals surface area contributed by atoms with Crippen molar-refractivity contribution >= 4 is 28.8 Å². The summed E-state index contributed by atoms with van der Waals surface area (Å²) in [5.41, 5.74) is 1.06. The first kappa shape index (κ1) is 9.32. The summed E-state index contributed by atoms with van der Waals surface area (Å²) in [6, 6.07) is 8.08. The van der Waals surface area contributed by atoms with Crippen molar-refractivity contribution in [2.24, 2.45) is 5.10 Å². The average Bonchev–Trinajstić information content (AvgIpc) is 2.67. The summed E-state index contributed by atoms with van der Waals surface area (Å²) >= 11 is 2.27. The molecule has 2 aromatic rings. The minimum absolute atomic E-state index is 1.06. The van der Waals surface area contributed by atoms with E-state index in [1.807, 2.05) is 18.2 Å². The van der Waals surface area contributed by atoms with Crippen molar-refractivity contribution < 1.29 is 0 Å². The highest BCUT2D eigenvalue weighted by Gasteiger charge is 1.89. The predicted molar refractivity (Wildman–Crippen MR) is 62.2 cm³/mol. The Morgan fingerprint density at radius 1 is 1.29 bits per heavy atom. The highest BCUT2D eigenvalue weighted by atomic mass is 127. The maximum absolute atomic E-state index is 4.14. The van der Waals surface area contributed by atoms with E-state index in [4.69, 9.17) is 0 Å². The molecule has 1 aromatic heterocycles. The van der Waals surface area contributed by atoms with Gasteiger partial charge in [0.25, 0.3) is 0 Å². The Kier molecular flexibility index (Phi) is 2.87. The molecule has 0 unspecified atom stereocenters. The van der Waals surface area contributed by atoms with Crippen molar-refractivity contribution in [1.82, 2.24) is 14.9 Å². The Morgan fingerprint density at radius 3 is 2.79 bits per heavy atom. The van der Waals surface area contributed by atoms with Gasteiger partial charge in [-0.15, -0.1) is 10.2 Å². The van der Waals surface area contributed by atoms with E-state index in [-0.39, 0.29) is 0 Å². The third-order valence-corrected chi connectivity index (χ3v) is 2.27. The lowest BCUT2D eigenvalue weighted by Crippen LogP contribution is -1.87. The van der Waals surface area contributed by atoms with Crippen LogP contribution < -0.4 is 0 Å². The van der Waals surface area contributed by atoms with Gasteiger partial charge in [-0.25, -0.2) is 4.68 Å². The van der Waals surface area contributed by atoms with E-state index < -0.39 is 0 Å². The topological polar surface area (TPSA) is 43.1 Å². The van der Waals surface area contributed by atoms with Gasteiger partial charge in [0.2, 0.25) is 0 Å². The molecular weight excluding hydrogens is 291 g/mol. The highest BCUT2D eigenvalue weighted by Crippen LogP contribution is 2.05. The summed E-state index contributed by atoms with van der Waals surface area (Å²) in [6.07, 6.45) is 4.86. The summed E-state index contributed by atoms with van der Waals surface area (Å²) in [5.74, 6) is 0. The van der Waals surface area contributed by atoms with Gasteiger partial charge in [-0.3, -0.25) is 0 Å². The molecule has 14 heavy (non-hydrogen) atoms. The van der Waals surface area contributed by atoms with Gasteiger partial charge in [0, 0.05) is 3.57 Å². The van der Waals surface area contributed by atoms with E-state index in [0.29, 0.717) is 0 Å². The van der Waals surface area contributed by atoms with Crippen LogP contribution in [0.4, 0.5) is 0 Å². The van der Waals surface area contributed by atoms with E-state index in [1.165, 1.54) is 3.57 Å². The molecule has 0 saturated carbocycles. The van der Waals surface area contributed by atoms with Crippen LogP contribution in [0.15, 0.2) is 42.0 Å². The first-order chi connectivity index (χ1) is 6.84. The van der Waals surface area contributed by atoms with Gasteiger partial charge in [-0.2, -0.15) is 5.10 Å². The van der Waals surface area contributed by atoms with Crippen molar-refractivity contribution in [2.75, 3.05) is 0 Å². The van der Waals surface area contributed by atoms with Gasteiger partial charge in [-0.05, 0) is 40.3 Å². The van der Waals surface area contributed by atoms with Crippen LogP contribution >= 0.6 is 22.6 Å². The smallest absolute Gasteiger partial charge is 0.141 e. The number of halogens is 1. The summed E-state index contributed by atoms with van der Waals surface area (Å²) in [7, 11) is 0. The molecule has 4 nitrogen and oxygen atoms in total. The second-order valence-electron chi connectivity index (χ2n) is 2.64. The zero-order chi connectivity index (χ0) is 9.80. The number of hydrogen-bond acceptors (Lipinski definition) is 3. The van der Waals surface area contributed by atoms with Crippen LogP contribution in [0.25, 0.3) is 0 Å². The van der Waals surface area contributed by atoms with Crippen LogP contribution in [0.3, 0.4) is 0 Å². The number of benzene rings is 1. The zero-order valence-electron chi connectivity index (χ0n) is 7.21. The molecule has 0 aliphatic rings. The molecular formula is C9H7IN4. The molecule has 0 fully saturated rings. The third kappa shape index (κ3) is 2.38. The second kappa shape index (κ2) is 4.32. The largest absolute Gasteiger partial charge is 0.208 e. The van der Waals surface area contributed by atoms with Crippen molar-refractivity contribution in [2.45, 2.75) is 0 Å². The average molecular weight is 298 g/mol. The number of nitrogens with zero attached hydrogens (tertiary/aromatic N) is 4. The van der Waals surface area contributed by atoms with Crippen LogP contribution in [0.2, 0.25) is 0 Å². The van der Waals surface area contributed by atoms with Gasteiger partial charge in [0.1, 0.15) is 12.7 Å². The first-order valence-electron chi connectivity index (χ1n) is 3.99. The fourth-order valence-corrected chi connectivity index (χ4v) is 1.54. The molecule has 0 atom stereocenters. The van der Waals surface area contributed by atoms with E-state index in [2.05, 4.69) is 44.0 Å². The van der Waals surface area contributed by atoms with Crippen molar-refractivity contribution in [3.63, 3.8) is 0 Å². The second-order valence-corrected chi connectivity index (χ2v) is 3.89. The molecule has 0 aliphatic heterocycles. The van der Waals surface area contributed by atoms with Crippen LogP contribution in [0.5, 0.6) is 0 Å². The van der Waals surface area contributed by atoms with Gasteiger partial charge < -0.3 is 0 Å². The molecule has 0 N–H and O–H groups in total. The van der Waals surface area contributed by atoms with Crippen LogP contribution in [0.1, 0.15) is 5.56 Å². The molecule has 0 amide bonds. The normalized spacial score (nSPS) is 10.9. The Morgan fingerprint density at radius 2 is 2.07 bits per heavy atom. The van der Waals surface area contributed by atoms with Crippen molar-refractivity contribution in [3.05, 3.63) is 46.1 Å². The quantitative estimate of drug-likeness (QED) is 0.626. The molecule has 70 valence electrons. The van der Waals surface area contributed by atoms with Gasteiger partial charge in [-0.1, -0.05) is 12.1 Å². The Bertz CT molecular complexity index is 436. The summed E-state index contributed by atoms with van der Waals surface area (Å²) in [5, 5.41) is 11.4. The standard InChI is InChI=1S/C9H7IN4/c10-9-3-1-2-8(4-9)5-13-14-6-11-12-7-14/h1-7H/b13-5-. The molecule has 0 spiro atoms. The van der Waals surface area contributed by atoms with Gasteiger partial charge >= 0.3 is 0 Å². The summed E-state index contributed by atoms with van der Waals surface area (Å²) in [4.78, 5) is 0. The zero-order valence-corrected chi connectivity index (χ0v) is 9.37. The molecule has 0 radical (unpaired) electrons. The molecule has 2 rings (SSSR count). The Hall–Kier alpha value is -1.24. The maximum atomic E-state index is 4.14. The summed E-state index contributed by atoms with van der Waals surface area (Å²) in [6.45, 7) is 0. The minimum atomic E-state index is 1.06. The highest BCUT2D eigenvalue weighted by molar-refractivity contribution is 14.1. The molecule has 0 saturated heterocycles. The number of hydrogen-bond donors (Lipinski definition) is 0. The molecule has 5 heteroatoms. The number of aromatic nitrogens is 3. The van der Waals surface area contributed by atoms with Crippen LogP contribution in [0, 0.1) is 3.57 Å². The van der Waals surface area contributed by atoms with Gasteiger partial charge in [0.15, 0.2) is 0 Å². The number of rotatable bonds is 2. The summed E-state index contributed by atoms with van der Waals surface area (Å²) < 4.78 is 2.75. The molecule has 0 aliphatic carbocycles. The van der Waals surface area contributed by atoms with Gasteiger partial charge in [0.05, 0.1) is 6.21 Å². The monoisotopic (exact) mass is 298 g/mol. The Balaban J connectivity index is 2.18. The van der Waals surface area contributed by atoms with E-state index in [1.54, 1.807) is 23.5 Å². The molecule has 1 heterocycles.